The van der Waals surface area contributed by atoms with E-state index in [1.165, 1.54) is 16.7 Å². The highest BCUT2D eigenvalue weighted by molar-refractivity contribution is 5.49. The molecule has 2 fully saturated rings. The Morgan fingerprint density at radius 2 is 1.84 bits per heavy atom. The van der Waals surface area contributed by atoms with E-state index >= 15 is 0 Å². The monoisotopic (exact) mass is 262 g/mol. The first-order chi connectivity index (χ1) is 9.08. The van der Waals surface area contributed by atoms with Crippen LogP contribution in [0.5, 0.6) is 5.75 Å². The molecule has 1 aromatic rings. The number of hydrogen-bond donors (Lipinski definition) is 1. The molecule has 0 amide bonds. The van der Waals surface area contributed by atoms with Crippen LogP contribution in [0.15, 0.2) is 12.1 Å². The molecule has 1 aliphatic carbocycles. The van der Waals surface area contributed by atoms with E-state index in [-0.39, 0.29) is 17.4 Å². The van der Waals surface area contributed by atoms with Crippen molar-refractivity contribution >= 4 is 0 Å². The molecule has 1 heterocycles. The van der Waals surface area contributed by atoms with Crippen LogP contribution in [0.2, 0.25) is 0 Å². The Morgan fingerprint density at radius 3 is 2.26 bits per heavy atom. The van der Waals surface area contributed by atoms with Crippen molar-refractivity contribution in [2.75, 3.05) is 26.9 Å². The topological polar surface area (TPSA) is 38.7 Å². The van der Waals surface area contributed by atoms with Crippen molar-refractivity contribution in [2.45, 2.75) is 32.1 Å². The summed E-state index contributed by atoms with van der Waals surface area (Å²) < 4.78 is 11.1. The van der Waals surface area contributed by atoms with Gasteiger partial charge in [0.05, 0.1) is 25.7 Å². The van der Waals surface area contributed by atoms with Gasteiger partial charge in [-0.25, -0.2) is 0 Å². The summed E-state index contributed by atoms with van der Waals surface area (Å²) in [7, 11) is 1.72. The third-order valence-corrected chi connectivity index (χ3v) is 5.20. The van der Waals surface area contributed by atoms with Crippen molar-refractivity contribution < 1.29 is 14.6 Å². The molecule has 104 valence electrons. The molecule has 0 bridgehead atoms. The minimum absolute atomic E-state index is 0.0141. The van der Waals surface area contributed by atoms with Crippen LogP contribution in [0.1, 0.15) is 29.5 Å². The lowest BCUT2D eigenvalue weighted by Crippen LogP contribution is -2.55. The molecular formula is C16H22O3. The molecule has 1 N–H and O–H groups in total. The number of aliphatic hydroxyl groups excluding tert-OH is 1. The van der Waals surface area contributed by atoms with Crippen LogP contribution in [0.25, 0.3) is 0 Å². The van der Waals surface area contributed by atoms with Gasteiger partial charge in [-0.15, -0.1) is 0 Å². The van der Waals surface area contributed by atoms with Gasteiger partial charge in [-0.3, -0.25) is 0 Å². The number of ether oxygens (including phenoxy) is 2. The van der Waals surface area contributed by atoms with Gasteiger partial charge >= 0.3 is 0 Å². The van der Waals surface area contributed by atoms with Crippen molar-refractivity contribution in [3.05, 3.63) is 28.8 Å². The zero-order chi connectivity index (χ0) is 13.7. The van der Waals surface area contributed by atoms with Gasteiger partial charge in [-0.05, 0) is 43.9 Å². The van der Waals surface area contributed by atoms with Crippen LogP contribution in [0.3, 0.4) is 0 Å². The Kier molecular flexibility index (Phi) is 2.88. The molecule has 0 atom stereocenters. The fourth-order valence-electron chi connectivity index (χ4n) is 3.32. The Morgan fingerprint density at radius 1 is 1.21 bits per heavy atom. The van der Waals surface area contributed by atoms with Crippen molar-refractivity contribution in [1.82, 2.24) is 0 Å². The summed E-state index contributed by atoms with van der Waals surface area (Å²) in [5, 5.41) is 9.81. The van der Waals surface area contributed by atoms with E-state index in [9.17, 15) is 5.11 Å². The molecule has 1 aliphatic heterocycles. The van der Waals surface area contributed by atoms with Crippen LogP contribution in [-0.4, -0.2) is 32.0 Å². The Hall–Kier alpha value is -1.06. The van der Waals surface area contributed by atoms with Crippen LogP contribution in [0, 0.1) is 19.3 Å². The van der Waals surface area contributed by atoms with Gasteiger partial charge in [-0.1, -0.05) is 6.07 Å². The summed E-state index contributed by atoms with van der Waals surface area (Å²) in [5.41, 5.74) is 3.70. The summed E-state index contributed by atoms with van der Waals surface area (Å²) in [6.45, 7) is 5.87. The third-order valence-electron chi connectivity index (χ3n) is 5.20. The standard InChI is InChI=1S/C16H22O3/c1-11-6-13(14(18-3)7-12(11)2)16(9-19-10-16)15(8-17)4-5-15/h6-7,17H,4-5,8-10H2,1-3H3. The van der Waals surface area contributed by atoms with Crippen molar-refractivity contribution in [1.29, 1.82) is 0 Å². The average molecular weight is 262 g/mol. The maximum Gasteiger partial charge on any atom is 0.123 e. The minimum Gasteiger partial charge on any atom is -0.496 e. The van der Waals surface area contributed by atoms with E-state index in [1.807, 2.05) is 0 Å². The molecule has 0 spiro atoms. The first-order valence-corrected chi connectivity index (χ1v) is 6.93. The van der Waals surface area contributed by atoms with E-state index in [0.717, 1.165) is 18.6 Å². The molecule has 2 aliphatic rings. The van der Waals surface area contributed by atoms with Crippen molar-refractivity contribution in [2.24, 2.45) is 5.41 Å². The predicted octanol–water partition coefficient (Wildman–Crippen LogP) is 2.35. The Labute approximate surface area is 114 Å². The second-order valence-electron chi connectivity index (χ2n) is 6.15. The maximum absolute atomic E-state index is 9.81. The molecule has 0 aromatic heterocycles. The summed E-state index contributed by atoms with van der Waals surface area (Å²) >= 11 is 0. The minimum atomic E-state index is -0.0500. The summed E-state index contributed by atoms with van der Waals surface area (Å²) in [6, 6.07) is 4.34. The largest absolute Gasteiger partial charge is 0.496 e. The molecule has 3 heteroatoms. The number of methoxy groups -OCH3 is 1. The van der Waals surface area contributed by atoms with Crippen molar-refractivity contribution in [3.8, 4) is 5.75 Å². The molecule has 0 unspecified atom stereocenters. The predicted molar refractivity (Wildman–Crippen MR) is 73.7 cm³/mol. The van der Waals surface area contributed by atoms with Crippen LogP contribution in [-0.2, 0) is 10.2 Å². The van der Waals surface area contributed by atoms with E-state index < -0.39 is 0 Å². The zero-order valence-electron chi connectivity index (χ0n) is 12.0. The molecular weight excluding hydrogens is 240 g/mol. The first kappa shape index (κ1) is 12.9. The number of aryl methyl sites for hydroxylation is 2. The lowest BCUT2D eigenvalue weighted by molar-refractivity contribution is -0.111. The van der Waals surface area contributed by atoms with E-state index in [4.69, 9.17) is 9.47 Å². The summed E-state index contributed by atoms with van der Waals surface area (Å²) in [5.74, 6) is 0.936. The molecule has 3 nitrogen and oxygen atoms in total. The van der Waals surface area contributed by atoms with Gasteiger partial charge in [0, 0.05) is 17.6 Å². The molecule has 1 saturated heterocycles. The van der Waals surface area contributed by atoms with Gasteiger partial charge in [0.2, 0.25) is 0 Å². The molecule has 0 radical (unpaired) electrons. The third kappa shape index (κ3) is 1.65. The quantitative estimate of drug-likeness (QED) is 0.905. The molecule has 19 heavy (non-hydrogen) atoms. The first-order valence-electron chi connectivity index (χ1n) is 6.93. The highest BCUT2D eigenvalue weighted by atomic mass is 16.5. The summed E-state index contributed by atoms with van der Waals surface area (Å²) in [4.78, 5) is 0. The van der Waals surface area contributed by atoms with Gasteiger partial charge in [0.15, 0.2) is 0 Å². The number of rotatable bonds is 4. The lowest BCUT2D eigenvalue weighted by Gasteiger charge is -2.48. The second-order valence-corrected chi connectivity index (χ2v) is 6.15. The number of benzene rings is 1. The molecule has 1 saturated carbocycles. The van der Waals surface area contributed by atoms with Gasteiger partial charge < -0.3 is 14.6 Å². The second kappa shape index (κ2) is 4.22. The lowest BCUT2D eigenvalue weighted by atomic mass is 9.65. The average Bonchev–Trinajstić information content (AvgIpc) is 3.13. The van der Waals surface area contributed by atoms with Gasteiger partial charge in [0.1, 0.15) is 5.75 Å². The normalized spacial score (nSPS) is 22.7. The van der Waals surface area contributed by atoms with Gasteiger partial charge in [0.25, 0.3) is 0 Å². The maximum atomic E-state index is 9.81. The van der Waals surface area contributed by atoms with Crippen molar-refractivity contribution in [3.63, 3.8) is 0 Å². The SMILES string of the molecule is COc1cc(C)c(C)cc1C1(C2(CO)CC2)COC1. The van der Waals surface area contributed by atoms with Crippen LogP contribution in [0.4, 0.5) is 0 Å². The van der Waals surface area contributed by atoms with E-state index in [2.05, 4.69) is 26.0 Å². The fraction of sp³-hybridized carbons (Fsp3) is 0.625. The number of hydrogen-bond acceptors (Lipinski definition) is 3. The van der Waals surface area contributed by atoms with Crippen LogP contribution < -0.4 is 4.74 Å². The Bertz CT molecular complexity index is 499. The smallest absolute Gasteiger partial charge is 0.123 e. The highest BCUT2D eigenvalue weighted by Crippen LogP contribution is 2.63. The molecule has 3 rings (SSSR count). The number of aliphatic hydroxyl groups is 1. The van der Waals surface area contributed by atoms with E-state index in [1.54, 1.807) is 7.11 Å². The fourth-order valence-corrected chi connectivity index (χ4v) is 3.32. The van der Waals surface area contributed by atoms with E-state index in [0.29, 0.717) is 13.2 Å². The summed E-state index contributed by atoms with van der Waals surface area (Å²) in [6.07, 6.45) is 2.17. The Balaban J connectivity index is 2.12. The van der Waals surface area contributed by atoms with Crippen LogP contribution >= 0.6 is 0 Å². The molecule has 1 aromatic carbocycles. The highest BCUT2D eigenvalue weighted by Gasteiger charge is 2.64. The zero-order valence-corrected chi connectivity index (χ0v) is 12.0. The van der Waals surface area contributed by atoms with Gasteiger partial charge in [-0.2, -0.15) is 0 Å².